The zero-order valence-electron chi connectivity index (χ0n) is 9.05. The van der Waals surface area contributed by atoms with Crippen molar-refractivity contribution in [2.75, 3.05) is 12.1 Å². The molecular formula is C11H7BrN2O4. The van der Waals surface area contributed by atoms with Crippen LogP contribution in [0.2, 0.25) is 0 Å². The van der Waals surface area contributed by atoms with Crippen LogP contribution in [0.15, 0.2) is 17.7 Å². The second-order valence-corrected chi connectivity index (χ2v) is 4.00. The maximum Gasteiger partial charge on any atom is 0.280 e. The summed E-state index contributed by atoms with van der Waals surface area (Å²) in [6, 6.07) is 4.76. The lowest BCUT2D eigenvalue weighted by Crippen LogP contribution is -1.93. The Kier molecular flexibility index (Phi) is 3.48. The van der Waals surface area contributed by atoms with Crippen LogP contribution in [-0.2, 0) is 0 Å². The first-order valence-corrected chi connectivity index (χ1v) is 6.02. The van der Waals surface area contributed by atoms with E-state index in [1.807, 2.05) is 6.07 Å². The zero-order valence-corrected chi connectivity index (χ0v) is 10.6. The fourth-order valence-electron chi connectivity index (χ4n) is 1.51. The highest BCUT2D eigenvalue weighted by molar-refractivity contribution is 9.09. The number of fused-ring (bicyclic) bond motifs is 1. The average molecular weight is 311 g/mol. The lowest BCUT2D eigenvalue weighted by Gasteiger charge is -2.01. The molecule has 0 fully saturated rings. The van der Waals surface area contributed by atoms with Gasteiger partial charge in [-0.1, -0.05) is 15.9 Å². The molecule has 18 heavy (non-hydrogen) atoms. The van der Waals surface area contributed by atoms with Crippen molar-refractivity contribution in [3.63, 3.8) is 0 Å². The van der Waals surface area contributed by atoms with Crippen molar-refractivity contribution in [2.45, 2.75) is 0 Å². The number of nitro groups is 1. The molecule has 0 amide bonds. The first kappa shape index (κ1) is 12.4. The highest BCUT2D eigenvalue weighted by atomic mass is 79.9. The third-order valence-electron chi connectivity index (χ3n) is 2.34. The first-order valence-electron chi connectivity index (χ1n) is 4.90. The fraction of sp³-hybridized carbons (Fsp3) is 0.182. The van der Waals surface area contributed by atoms with Gasteiger partial charge in [0.25, 0.3) is 5.69 Å². The van der Waals surface area contributed by atoms with Crippen LogP contribution in [0.4, 0.5) is 5.69 Å². The summed E-state index contributed by atoms with van der Waals surface area (Å²) in [6.45, 7) is 0.0448. The number of allylic oxidation sites excluding steroid dienone is 1. The summed E-state index contributed by atoms with van der Waals surface area (Å²) in [4.78, 5) is 10.4. The van der Waals surface area contributed by atoms with E-state index >= 15 is 0 Å². The molecule has 0 spiro atoms. The molecular weight excluding hydrogens is 304 g/mol. The summed E-state index contributed by atoms with van der Waals surface area (Å²) in [5.74, 6) is 0.787. The number of hydrogen-bond acceptors (Lipinski definition) is 5. The van der Waals surface area contributed by atoms with E-state index in [9.17, 15) is 10.1 Å². The van der Waals surface area contributed by atoms with Gasteiger partial charge in [-0.05, 0) is 12.1 Å². The van der Waals surface area contributed by atoms with E-state index in [0.717, 1.165) is 0 Å². The average Bonchev–Trinajstić information content (AvgIpc) is 2.81. The second kappa shape index (κ2) is 5.06. The molecule has 0 N–H and O–H groups in total. The topological polar surface area (TPSA) is 85.4 Å². The molecule has 0 radical (unpaired) electrons. The van der Waals surface area contributed by atoms with Crippen molar-refractivity contribution >= 4 is 27.7 Å². The maximum absolute atomic E-state index is 11.0. The molecule has 1 aromatic rings. The van der Waals surface area contributed by atoms with Crippen molar-refractivity contribution in [2.24, 2.45) is 0 Å². The molecule has 92 valence electrons. The molecule has 0 bridgehead atoms. The Morgan fingerprint density at radius 3 is 2.78 bits per heavy atom. The lowest BCUT2D eigenvalue weighted by molar-refractivity contribution is -0.385. The van der Waals surface area contributed by atoms with E-state index in [-0.39, 0.29) is 12.5 Å². The van der Waals surface area contributed by atoms with Crippen molar-refractivity contribution in [3.8, 4) is 17.6 Å². The number of ether oxygens (including phenoxy) is 2. The van der Waals surface area contributed by atoms with E-state index in [2.05, 4.69) is 15.9 Å². The summed E-state index contributed by atoms with van der Waals surface area (Å²) in [7, 11) is 0. The summed E-state index contributed by atoms with van der Waals surface area (Å²) >= 11 is 3.14. The van der Waals surface area contributed by atoms with Crippen molar-refractivity contribution in [1.82, 2.24) is 0 Å². The Morgan fingerprint density at radius 1 is 1.56 bits per heavy atom. The number of rotatable bonds is 3. The van der Waals surface area contributed by atoms with Gasteiger partial charge in [-0.3, -0.25) is 10.1 Å². The Morgan fingerprint density at radius 2 is 2.22 bits per heavy atom. The van der Waals surface area contributed by atoms with E-state index in [1.54, 1.807) is 0 Å². The predicted octanol–water partition coefficient (Wildman–Crippen LogP) is 2.63. The molecule has 6 nitrogen and oxygen atoms in total. The van der Waals surface area contributed by atoms with Gasteiger partial charge in [-0.2, -0.15) is 5.26 Å². The Labute approximate surface area is 111 Å². The van der Waals surface area contributed by atoms with E-state index < -0.39 is 4.92 Å². The third-order valence-corrected chi connectivity index (χ3v) is 2.94. The van der Waals surface area contributed by atoms with Crippen LogP contribution < -0.4 is 9.47 Å². The molecule has 0 atom stereocenters. The van der Waals surface area contributed by atoms with Crippen LogP contribution in [-0.4, -0.2) is 17.0 Å². The molecule has 1 aromatic carbocycles. The van der Waals surface area contributed by atoms with Gasteiger partial charge in [0, 0.05) is 10.9 Å². The van der Waals surface area contributed by atoms with Gasteiger partial charge in [0.15, 0.2) is 11.5 Å². The van der Waals surface area contributed by atoms with Gasteiger partial charge >= 0.3 is 0 Å². The summed E-state index contributed by atoms with van der Waals surface area (Å²) in [6.07, 6.45) is 1.45. The number of alkyl halides is 1. The van der Waals surface area contributed by atoms with Crippen molar-refractivity contribution in [1.29, 1.82) is 5.26 Å². The van der Waals surface area contributed by atoms with Gasteiger partial charge in [0.1, 0.15) is 0 Å². The van der Waals surface area contributed by atoms with Crippen LogP contribution in [0.3, 0.4) is 0 Å². The molecule has 1 aliphatic heterocycles. The van der Waals surface area contributed by atoms with Gasteiger partial charge in [0.05, 0.1) is 22.6 Å². The summed E-state index contributed by atoms with van der Waals surface area (Å²) < 4.78 is 10.2. The lowest BCUT2D eigenvalue weighted by atomic mass is 10.1. The predicted molar refractivity (Wildman–Crippen MR) is 66.6 cm³/mol. The number of hydrogen-bond donors (Lipinski definition) is 0. The van der Waals surface area contributed by atoms with Gasteiger partial charge < -0.3 is 9.47 Å². The molecule has 0 aliphatic carbocycles. The van der Waals surface area contributed by atoms with E-state index in [1.165, 1.54) is 18.2 Å². The molecule has 0 saturated carbocycles. The van der Waals surface area contributed by atoms with Crippen LogP contribution in [0.5, 0.6) is 11.5 Å². The van der Waals surface area contributed by atoms with Crippen molar-refractivity contribution < 1.29 is 14.4 Å². The largest absolute Gasteiger partial charge is 0.454 e. The minimum absolute atomic E-state index is 0.0448. The Bertz CT molecular complexity index is 577. The molecule has 0 saturated heterocycles. The standard InChI is InChI=1S/C11H7BrN2O4/c12-4-7(5-13)1-8-2-10-11(18-6-17-10)3-9(8)14(15)16/h1-3H,4,6H2/b7-1+. The Balaban J connectivity index is 2.55. The minimum atomic E-state index is -0.517. The maximum atomic E-state index is 11.0. The van der Waals surface area contributed by atoms with E-state index in [4.69, 9.17) is 14.7 Å². The fourth-order valence-corrected chi connectivity index (χ4v) is 1.80. The summed E-state index contributed by atoms with van der Waals surface area (Å²) in [5.41, 5.74) is 0.588. The number of benzene rings is 1. The SMILES string of the molecule is N#C/C(=C/c1cc2c(cc1[N+](=O)[O-])OCO2)CBr. The molecule has 7 heteroatoms. The van der Waals surface area contributed by atoms with Gasteiger partial charge in [-0.15, -0.1) is 0 Å². The Hall–Kier alpha value is -2.07. The van der Waals surface area contributed by atoms with Gasteiger partial charge in [0.2, 0.25) is 6.79 Å². The summed E-state index contributed by atoms with van der Waals surface area (Å²) in [5, 5.41) is 20.1. The monoisotopic (exact) mass is 310 g/mol. The van der Waals surface area contributed by atoms with E-state index in [0.29, 0.717) is 28.0 Å². The quantitative estimate of drug-likeness (QED) is 0.371. The number of nitrogens with zero attached hydrogens (tertiary/aromatic N) is 2. The highest BCUT2D eigenvalue weighted by Crippen LogP contribution is 2.38. The molecule has 1 aliphatic rings. The molecule has 1 heterocycles. The smallest absolute Gasteiger partial charge is 0.280 e. The molecule has 0 unspecified atom stereocenters. The van der Waals surface area contributed by atoms with Crippen LogP contribution >= 0.6 is 15.9 Å². The minimum Gasteiger partial charge on any atom is -0.454 e. The van der Waals surface area contributed by atoms with Crippen molar-refractivity contribution in [3.05, 3.63) is 33.4 Å². The number of nitriles is 1. The highest BCUT2D eigenvalue weighted by Gasteiger charge is 2.22. The molecule has 0 aromatic heterocycles. The second-order valence-electron chi connectivity index (χ2n) is 3.44. The first-order chi connectivity index (χ1) is 8.65. The third kappa shape index (κ3) is 2.28. The van der Waals surface area contributed by atoms with Crippen LogP contribution in [0.1, 0.15) is 5.56 Å². The van der Waals surface area contributed by atoms with Crippen LogP contribution in [0, 0.1) is 21.4 Å². The number of halogens is 1. The molecule has 2 rings (SSSR count). The zero-order chi connectivity index (χ0) is 13.1. The number of nitro benzene ring substituents is 1. The van der Waals surface area contributed by atoms with Gasteiger partial charge in [-0.25, -0.2) is 0 Å². The van der Waals surface area contributed by atoms with Crippen LogP contribution in [0.25, 0.3) is 6.08 Å². The normalized spacial score (nSPS) is 13.2.